The van der Waals surface area contributed by atoms with Crippen LogP contribution >= 0.6 is 22.7 Å². The summed E-state index contributed by atoms with van der Waals surface area (Å²) in [7, 11) is 0. The van der Waals surface area contributed by atoms with E-state index in [9.17, 15) is 29.8 Å². The number of rotatable bonds is 9. The highest BCUT2D eigenvalue weighted by atomic mass is 32.1. The van der Waals surface area contributed by atoms with Crippen molar-refractivity contribution in [3.8, 4) is 0 Å². The van der Waals surface area contributed by atoms with Gasteiger partial charge in [-0.05, 0) is 12.1 Å². The minimum atomic E-state index is -0.526. The van der Waals surface area contributed by atoms with E-state index in [4.69, 9.17) is 0 Å². The second-order valence-electron chi connectivity index (χ2n) is 4.95. The predicted octanol–water partition coefficient (Wildman–Crippen LogP) is 2.01. The first-order valence-corrected chi connectivity index (χ1v) is 9.10. The molecule has 0 bridgehead atoms. The number of carbonyl (C=O) groups is 2. The van der Waals surface area contributed by atoms with Gasteiger partial charge in [0.15, 0.2) is 0 Å². The third-order valence-electron chi connectivity index (χ3n) is 2.93. The van der Waals surface area contributed by atoms with Gasteiger partial charge in [0.25, 0.3) is 0 Å². The SMILES string of the molecule is O=C(CCC(=O)N/N=C/c1ccc([N+](=O)[O-])s1)N/N=C/c1ccc([N+](=O)[O-])s1. The Morgan fingerprint density at radius 3 is 1.57 bits per heavy atom. The molecule has 0 aromatic carbocycles. The summed E-state index contributed by atoms with van der Waals surface area (Å²) in [5, 5.41) is 28.4. The minimum absolute atomic E-state index is 0.0397. The second-order valence-corrected chi connectivity index (χ2v) is 7.14. The van der Waals surface area contributed by atoms with Crippen molar-refractivity contribution in [2.75, 3.05) is 0 Å². The zero-order valence-electron chi connectivity index (χ0n) is 13.9. The van der Waals surface area contributed by atoms with E-state index in [0.717, 1.165) is 22.7 Å². The van der Waals surface area contributed by atoms with Crippen molar-refractivity contribution >= 4 is 56.9 Å². The minimum Gasteiger partial charge on any atom is -0.273 e. The van der Waals surface area contributed by atoms with Gasteiger partial charge in [-0.2, -0.15) is 10.2 Å². The molecule has 2 aromatic rings. The van der Waals surface area contributed by atoms with Crippen LogP contribution < -0.4 is 10.9 Å². The van der Waals surface area contributed by atoms with E-state index >= 15 is 0 Å². The molecule has 0 aliphatic rings. The Labute approximate surface area is 164 Å². The van der Waals surface area contributed by atoms with Gasteiger partial charge in [0.1, 0.15) is 0 Å². The highest BCUT2D eigenvalue weighted by molar-refractivity contribution is 7.17. The molecule has 12 nitrogen and oxygen atoms in total. The molecule has 0 spiro atoms. The fraction of sp³-hybridized carbons (Fsp3) is 0.143. The maximum atomic E-state index is 11.6. The van der Waals surface area contributed by atoms with Gasteiger partial charge in [0, 0.05) is 25.0 Å². The van der Waals surface area contributed by atoms with E-state index in [2.05, 4.69) is 21.1 Å². The number of amides is 2. The first-order chi connectivity index (χ1) is 13.3. The molecule has 0 radical (unpaired) electrons. The van der Waals surface area contributed by atoms with Gasteiger partial charge in [-0.1, -0.05) is 22.7 Å². The van der Waals surface area contributed by atoms with Crippen molar-refractivity contribution in [2.45, 2.75) is 12.8 Å². The van der Waals surface area contributed by atoms with Crippen LogP contribution in [0, 0.1) is 20.2 Å². The lowest BCUT2D eigenvalue weighted by Gasteiger charge is -1.99. The van der Waals surface area contributed by atoms with Gasteiger partial charge in [0.2, 0.25) is 11.8 Å². The van der Waals surface area contributed by atoms with Crippen LogP contribution in [0.1, 0.15) is 22.6 Å². The molecule has 2 aromatic heterocycles. The lowest BCUT2D eigenvalue weighted by molar-refractivity contribution is -0.380. The van der Waals surface area contributed by atoms with Crippen LogP contribution in [0.2, 0.25) is 0 Å². The summed E-state index contributed by atoms with van der Waals surface area (Å²) in [6.07, 6.45) is 2.24. The molecule has 2 rings (SSSR count). The average Bonchev–Trinajstić information content (AvgIpc) is 3.30. The quantitative estimate of drug-likeness (QED) is 0.354. The molecule has 0 aliphatic heterocycles. The largest absolute Gasteiger partial charge is 0.324 e. The summed E-state index contributed by atoms with van der Waals surface area (Å²) in [6.45, 7) is 0. The third kappa shape index (κ3) is 6.65. The highest BCUT2D eigenvalue weighted by Crippen LogP contribution is 2.22. The van der Waals surface area contributed by atoms with Gasteiger partial charge in [-0.15, -0.1) is 0 Å². The van der Waals surface area contributed by atoms with Crippen molar-refractivity contribution in [3.05, 3.63) is 54.2 Å². The van der Waals surface area contributed by atoms with Crippen LogP contribution in [0.4, 0.5) is 10.0 Å². The number of nitrogens with one attached hydrogen (secondary N) is 2. The number of hydrogen-bond acceptors (Lipinski definition) is 10. The van der Waals surface area contributed by atoms with Gasteiger partial charge < -0.3 is 0 Å². The Kier molecular flexibility index (Phi) is 7.41. The number of hydrogen-bond donors (Lipinski definition) is 2. The normalized spacial score (nSPS) is 11.0. The third-order valence-corrected chi connectivity index (χ3v) is 4.87. The van der Waals surface area contributed by atoms with E-state index in [1.54, 1.807) is 0 Å². The van der Waals surface area contributed by atoms with Gasteiger partial charge in [-0.3, -0.25) is 29.8 Å². The van der Waals surface area contributed by atoms with E-state index in [-0.39, 0.29) is 22.8 Å². The zero-order valence-corrected chi connectivity index (χ0v) is 15.6. The van der Waals surface area contributed by atoms with E-state index in [1.807, 2.05) is 0 Å². The highest BCUT2D eigenvalue weighted by Gasteiger charge is 2.10. The predicted molar refractivity (Wildman–Crippen MR) is 103 cm³/mol. The molecule has 146 valence electrons. The molecule has 0 saturated carbocycles. The van der Waals surface area contributed by atoms with E-state index in [0.29, 0.717) is 9.75 Å². The van der Waals surface area contributed by atoms with Crippen molar-refractivity contribution in [1.82, 2.24) is 10.9 Å². The molecular formula is C14H12N6O6S2. The zero-order chi connectivity index (χ0) is 20.5. The van der Waals surface area contributed by atoms with Crippen LogP contribution in [0.25, 0.3) is 0 Å². The van der Waals surface area contributed by atoms with Crippen LogP contribution in [-0.4, -0.2) is 34.1 Å². The van der Waals surface area contributed by atoms with Crippen molar-refractivity contribution in [3.63, 3.8) is 0 Å². The van der Waals surface area contributed by atoms with Crippen molar-refractivity contribution < 1.29 is 19.4 Å². The van der Waals surface area contributed by atoms with Crippen molar-refractivity contribution in [2.24, 2.45) is 10.2 Å². The average molecular weight is 424 g/mol. The number of thiophene rings is 2. The molecular weight excluding hydrogens is 412 g/mol. The summed E-state index contributed by atoms with van der Waals surface area (Å²) < 4.78 is 0. The molecule has 0 atom stereocenters. The van der Waals surface area contributed by atoms with Gasteiger partial charge in [0.05, 0.1) is 32.0 Å². The number of carbonyl (C=O) groups excluding carboxylic acids is 2. The standard InChI is InChI=1S/C14H12N6O6S2/c21-11(17-15-7-9-1-5-13(27-9)19(23)24)3-4-12(22)18-16-8-10-2-6-14(28-10)20(25)26/h1-2,5-8H,3-4H2,(H,17,21)(H,18,22)/b15-7+,16-8+. The lowest BCUT2D eigenvalue weighted by atomic mass is 10.3. The molecule has 0 fully saturated rings. The molecule has 2 N–H and O–H groups in total. The van der Waals surface area contributed by atoms with Crippen LogP contribution in [0.5, 0.6) is 0 Å². The summed E-state index contributed by atoms with van der Waals surface area (Å²) >= 11 is 1.81. The van der Waals surface area contributed by atoms with Crippen LogP contribution in [-0.2, 0) is 9.59 Å². The Morgan fingerprint density at radius 1 is 0.857 bits per heavy atom. The molecule has 2 amide bonds. The molecule has 0 saturated heterocycles. The number of nitrogens with zero attached hydrogens (tertiary/aromatic N) is 4. The fourth-order valence-electron chi connectivity index (χ4n) is 1.69. The smallest absolute Gasteiger partial charge is 0.273 e. The Morgan fingerprint density at radius 2 is 1.25 bits per heavy atom. The summed E-state index contributed by atoms with van der Waals surface area (Å²) in [4.78, 5) is 44.3. The summed E-state index contributed by atoms with van der Waals surface area (Å²) in [6, 6.07) is 5.64. The van der Waals surface area contributed by atoms with Crippen molar-refractivity contribution in [1.29, 1.82) is 0 Å². The fourth-order valence-corrected chi connectivity index (χ4v) is 3.08. The first kappa shape index (κ1) is 20.8. The Hall–Kier alpha value is -3.52. The molecule has 0 unspecified atom stereocenters. The number of nitro groups is 2. The van der Waals surface area contributed by atoms with Gasteiger partial charge >= 0.3 is 10.0 Å². The Balaban J connectivity index is 1.69. The van der Waals surface area contributed by atoms with E-state index in [1.165, 1.54) is 36.7 Å². The maximum absolute atomic E-state index is 11.6. The van der Waals surface area contributed by atoms with Crippen LogP contribution in [0.3, 0.4) is 0 Å². The second kappa shape index (κ2) is 9.98. The topological polar surface area (TPSA) is 169 Å². The summed E-state index contributed by atoms with van der Waals surface area (Å²) in [5.41, 5.74) is 4.41. The Bertz CT molecular complexity index is 874. The van der Waals surface area contributed by atoms with Gasteiger partial charge in [-0.25, -0.2) is 10.9 Å². The maximum Gasteiger partial charge on any atom is 0.324 e. The molecule has 14 heteroatoms. The summed E-state index contributed by atoms with van der Waals surface area (Å²) in [5.74, 6) is -1.04. The monoisotopic (exact) mass is 424 g/mol. The molecule has 0 aliphatic carbocycles. The van der Waals surface area contributed by atoms with E-state index < -0.39 is 21.7 Å². The number of hydrazone groups is 2. The lowest BCUT2D eigenvalue weighted by Crippen LogP contribution is -2.22. The molecule has 28 heavy (non-hydrogen) atoms. The first-order valence-electron chi connectivity index (χ1n) is 7.47. The molecule has 2 heterocycles. The van der Waals surface area contributed by atoms with Crippen LogP contribution in [0.15, 0.2) is 34.5 Å².